The predicted octanol–water partition coefficient (Wildman–Crippen LogP) is 4.52. The summed E-state index contributed by atoms with van der Waals surface area (Å²) in [5, 5.41) is 0. The van der Waals surface area contributed by atoms with Crippen LogP contribution in [-0.4, -0.2) is 0 Å². The summed E-state index contributed by atoms with van der Waals surface area (Å²) < 4.78 is 0. The molecule has 0 atom stereocenters. The summed E-state index contributed by atoms with van der Waals surface area (Å²) in [5.41, 5.74) is 5.61. The molecule has 0 spiro atoms. The third-order valence-corrected chi connectivity index (χ3v) is 2.55. The second kappa shape index (κ2) is 4.20. The molecule has 0 heterocycles. The highest BCUT2D eigenvalue weighted by atomic mass is 14.6. The molecule has 0 saturated heterocycles. The molecule has 1 heteroatoms. The van der Waals surface area contributed by atoms with E-state index in [2.05, 4.69) is 36.9 Å². The number of nitrogens with zero attached hydrogens (tertiary/aromatic N) is 1. The Labute approximate surface area is 96.2 Å². The quantitative estimate of drug-likeness (QED) is 0.605. The van der Waals surface area contributed by atoms with E-state index in [1.165, 1.54) is 22.3 Å². The third-order valence-electron chi connectivity index (χ3n) is 2.55. The smallest absolute Gasteiger partial charge is 0.187 e. The molecular weight excluding hydrogens is 194 g/mol. The molecule has 0 aliphatic carbocycles. The molecule has 0 fully saturated rings. The van der Waals surface area contributed by atoms with Crippen LogP contribution in [0.4, 0.5) is 5.69 Å². The lowest BCUT2D eigenvalue weighted by Gasteiger charge is -2.05. The zero-order valence-corrected chi connectivity index (χ0v) is 9.49. The van der Waals surface area contributed by atoms with Gasteiger partial charge in [0.15, 0.2) is 5.69 Å². The normalized spacial score (nSPS) is 9.81. The van der Waals surface area contributed by atoms with E-state index in [-0.39, 0.29) is 0 Å². The minimum atomic E-state index is 0.688. The van der Waals surface area contributed by atoms with Gasteiger partial charge in [-0.3, -0.25) is 0 Å². The third kappa shape index (κ3) is 2.12. The van der Waals surface area contributed by atoms with Gasteiger partial charge in [0.25, 0.3) is 0 Å². The number of aryl methyl sites for hydroxylation is 2. The molecule has 2 aromatic rings. The average Bonchev–Trinajstić information content (AvgIpc) is 2.28. The molecule has 0 unspecified atom stereocenters. The van der Waals surface area contributed by atoms with Crippen molar-refractivity contribution in [3.05, 3.63) is 65.0 Å². The van der Waals surface area contributed by atoms with Crippen molar-refractivity contribution in [3.8, 4) is 11.1 Å². The van der Waals surface area contributed by atoms with Crippen molar-refractivity contribution in [2.45, 2.75) is 13.8 Å². The van der Waals surface area contributed by atoms with Gasteiger partial charge < -0.3 is 0 Å². The van der Waals surface area contributed by atoms with Gasteiger partial charge in [-0.15, -0.1) is 0 Å². The van der Waals surface area contributed by atoms with Gasteiger partial charge in [-0.2, -0.15) is 0 Å². The van der Waals surface area contributed by atoms with Crippen LogP contribution in [-0.2, 0) is 0 Å². The number of rotatable bonds is 1. The summed E-state index contributed by atoms with van der Waals surface area (Å²) in [5.74, 6) is 0. The van der Waals surface area contributed by atoms with Gasteiger partial charge in [-0.25, -0.2) is 4.85 Å². The van der Waals surface area contributed by atoms with E-state index in [0.717, 1.165) is 0 Å². The van der Waals surface area contributed by atoms with Crippen LogP contribution in [0.3, 0.4) is 0 Å². The monoisotopic (exact) mass is 207 g/mol. The molecule has 1 nitrogen and oxygen atoms in total. The van der Waals surface area contributed by atoms with E-state index in [0.29, 0.717) is 5.69 Å². The van der Waals surface area contributed by atoms with Crippen molar-refractivity contribution in [2.24, 2.45) is 0 Å². The van der Waals surface area contributed by atoms with E-state index in [9.17, 15) is 0 Å². The van der Waals surface area contributed by atoms with Crippen LogP contribution in [0.2, 0.25) is 0 Å². The highest BCUT2D eigenvalue weighted by Crippen LogP contribution is 2.24. The number of hydrogen-bond donors (Lipinski definition) is 0. The fourth-order valence-corrected chi connectivity index (χ4v) is 1.87. The lowest BCUT2D eigenvalue weighted by Crippen LogP contribution is -1.82. The molecule has 2 rings (SSSR count). The minimum absolute atomic E-state index is 0.688. The molecule has 2 aromatic carbocycles. The Balaban J connectivity index is 2.47. The fraction of sp³-hybridized carbons (Fsp3) is 0.133. The Morgan fingerprint density at radius 1 is 0.812 bits per heavy atom. The summed E-state index contributed by atoms with van der Waals surface area (Å²) >= 11 is 0. The Morgan fingerprint density at radius 3 is 1.88 bits per heavy atom. The predicted molar refractivity (Wildman–Crippen MR) is 67.6 cm³/mol. The van der Waals surface area contributed by atoms with Gasteiger partial charge in [0, 0.05) is 0 Å². The SMILES string of the molecule is [C-]#[N+]c1ccc(-c2cc(C)cc(C)c2)cc1. The Hall–Kier alpha value is -2.07. The molecule has 0 radical (unpaired) electrons. The summed E-state index contributed by atoms with van der Waals surface area (Å²) in [6.07, 6.45) is 0. The van der Waals surface area contributed by atoms with Gasteiger partial charge >= 0.3 is 0 Å². The molecule has 16 heavy (non-hydrogen) atoms. The standard InChI is InChI=1S/C15H13N/c1-11-8-12(2)10-14(9-11)13-4-6-15(16-3)7-5-13/h4-10H,1-2H3. The summed E-state index contributed by atoms with van der Waals surface area (Å²) in [6.45, 7) is 11.1. The van der Waals surface area contributed by atoms with Crippen molar-refractivity contribution in [1.29, 1.82) is 0 Å². The van der Waals surface area contributed by atoms with Gasteiger partial charge in [-0.1, -0.05) is 53.6 Å². The molecule has 0 aliphatic heterocycles. The number of hydrogen-bond acceptors (Lipinski definition) is 0. The Bertz CT molecular complexity index is 524. The van der Waals surface area contributed by atoms with Crippen molar-refractivity contribution >= 4 is 5.69 Å². The molecule has 78 valence electrons. The van der Waals surface area contributed by atoms with Crippen LogP contribution in [0.25, 0.3) is 16.0 Å². The number of benzene rings is 2. The molecule has 0 bridgehead atoms. The van der Waals surface area contributed by atoms with Gasteiger partial charge in [0.05, 0.1) is 6.57 Å². The van der Waals surface area contributed by atoms with Crippen LogP contribution < -0.4 is 0 Å². The van der Waals surface area contributed by atoms with E-state index in [4.69, 9.17) is 6.57 Å². The van der Waals surface area contributed by atoms with Crippen LogP contribution in [0.15, 0.2) is 42.5 Å². The fourth-order valence-electron chi connectivity index (χ4n) is 1.87. The highest BCUT2D eigenvalue weighted by molar-refractivity contribution is 5.67. The average molecular weight is 207 g/mol. The molecule has 0 aromatic heterocycles. The summed E-state index contributed by atoms with van der Waals surface area (Å²) in [6, 6.07) is 14.2. The first kappa shape index (κ1) is 10.4. The van der Waals surface area contributed by atoms with Crippen molar-refractivity contribution < 1.29 is 0 Å². The van der Waals surface area contributed by atoms with Gasteiger partial charge in [0.2, 0.25) is 0 Å². The van der Waals surface area contributed by atoms with Crippen LogP contribution in [0.1, 0.15) is 11.1 Å². The zero-order valence-electron chi connectivity index (χ0n) is 9.49. The first-order valence-corrected chi connectivity index (χ1v) is 5.25. The maximum Gasteiger partial charge on any atom is 0.187 e. The molecule has 0 amide bonds. The van der Waals surface area contributed by atoms with E-state index in [1.54, 1.807) is 0 Å². The maximum absolute atomic E-state index is 6.91. The van der Waals surface area contributed by atoms with Crippen molar-refractivity contribution in [1.82, 2.24) is 0 Å². The van der Waals surface area contributed by atoms with Crippen molar-refractivity contribution in [3.63, 3.8) is 0 Å². The second-order valence-electron chi connectivity index (χ2n) is 4.04. The molecular formula is C15H13N. The molecule has 0 N–H and O–H groups in total. The lowest BCUT2D eigenvalue weighted by atomic mass is 10.0. The molecule has 0 saturated carbocycles. The second-order valence-corrected chi connectivity index (χ2v) is 4.04. The van der Waals surface area contributed by atoms with Gasteiger partial charge in [0.1, 0.15) is 0 Å². The Kier molecular flexibility index (Phi) is 2.74. The summed E-state index contributed by atoms with van der Waals surface area (Å²) in [4.78, 5) is 3.39. The Morgan fingerprint density at radius 2 is 1.38 bits per heavy atom. The van der Waals surface area contributed by atoms with Crippen LogP contribution >= 0.6 is 0 Å². The topological polar surface area (TPSA) is 4.36 Å². The first-order chi connectivity index (χ1) is 7.69. The van der Waals surface area contributed by atoms with E-state index < -0.39 is 0 Å². The summed E-state index contributed by atoms with van der Waals surface area (Å²) in [7, 11) is 0. The minimum Gasteiger partial charge on any atom is -0.238 e. The molecule has 0 aliphatic rings. The van der Waals surface area contributed by atoms with Gasteiger partial charge in [-0.05, 0) is 25.0 Å². The largest absolute Gasteiger partial charge is 0.238 e. The van der Waals surface area contributed by atoms with E-state index in [1.807, 2.05) is 24.3 Å². The first-order valence-electron chi connectivity index (χ1n) is 5.25. The zero-order chi connectivity index (χ0) is 11.5. The maximum atomic E-state index is 6.91. The van der Waals surface area contributed by atoms with Crippen molar-refractivity contribution in [2.75, 3.05) is 0 Å². The highest BCUT2D eigenvalue weighted by Gasteiger charge is 1.99. The van der Waals surface area contributed by atoms with Crippen LogP contribution in [0.5, 0.6) is 0 Å². The van der Waals surface area contributed by atoms with Crippen LogP contribution in [0, 0.1) is 20.4 Å². The van der Waals surface area contributed by atoms with E-state index >= 15 is 0 Å². The lowest BCUT2D eigenvalue weighted by molar-refractivity contribution is 1.38.